The van der Waals surface area contributed by atoms with E-state index in [9.17, 15) is 4.79 Å². The molecule has 1 fully saturated rings. The van der Waals surface area contributed by atoms with Crippen molar-refractivity contribution >= 4 is 5.97 Å². The van der Waals surface area contributed by atoms with Gasteiger partial charge in [0.1, 0.15) is 6.10 Å². The monoisotopic (exact) mass is 318 g/mol. The third kappa shape index (κ3) is 5.65. The fourth-order valence-electron chi connectivity index (χ4n) is 3.31. The van der Waals surface area contributed by atoms with E-state index in [2.05, 4.69) is 13.8 Å². The predicted octanol–water partition coefficient (Wildman–Crippen LogP) is 5.48. The maximum absolute atomic E-state index is 12.1. The molecule has 0 aromatic heterocycles. The topological polar surface area (TPSA) is 35.5 Å². The molecule has 0 radical (unpaired) electrons. The van der Waals surface area contributed by atoms with E-state index in [1.165, 1.54) is 37.7 Å². The van der Waals surface area contributed by atoms with E-state index >= 15 is 0 Å². The molecule has 1 aromatic rings. The van der Waals surface area contributed by atoms with E-state index < -0.39 is 0 Å². The van der Waals surface area contributed by atoms with Crippen molar-refractivity contribution in [1.82, 2.24) is 0 Å². The van der Waals surface area contributed by atoms with Crippen LogP contribution < -0.4 is 0 Å². The summed E-state index contributed by atoms with van der Waals surface area (Å²) in [5.74, 6) is 0.128. The lowest BCUT2D eigenvalue weighted by Crippen LogP contribution is -2.28. The molecule has 1 aromatic carbocycles. The minimum absolute atomic E-state index is 0.0611. The number of carbonyl (C=O) groups excluding carboxylic acids is 1. The Balaban J connectivity index is 1.80. The first-order valence-corrected chi connectivity index (χ1v) is 9.21. The highest BCUT2D eigenvalue weighted by molar-refractivity contribution is 5.88. The van der Waals surface area contributed by atoms with Crippen molar-refractivity contribution in [2.75, 3.05) is 0 Å². The van der Waals surface area contributed by atoms with Gasteiger partial charge in [0.05, 0.1) is 5.56 Å². The smallest absolute Gasteiger partial charge is 0.293 e. The molecule has 2 unspecified atom stereocenters. The number of hydrogen-bond donors (Lipinski definition) is 0. The van der Waals surface area contributed by atoms with Gasteiger partial charge >= 0.3 is 5.97 Å². The van der Waals surface area contributed by atoms with Crippen LogP contribution in [0.3, 0.4) is 0 Å². The van der Waals surface area contributed by atoms with Crippen molar-refractivity contribution in [1.29, 1.82) is 0 Å². The van der Waals surface area contributed by atoms with Crippen LogP contribution in [0.25, 0.3) is 0 Å². The summed E-state index contributed by atoms with van der Waals surface area (Å²) >= 11 is 0. The van der Waals surface area contributed by atoms with Gasteiger partial charge < -0.3 is 0 Å². The standard InChI is InChI=1S/C20H30O3/c1-3-5-6-9-16-12-14-18(15-13-16)20(21)23-22-19-11-8-7-10-17(19)4-2/h12-15,17,19H,3-11H2,1-2H3. The van der Waals surface area contributed by atoms with Gasteiger partial charge in [0, 0.05) is 0 Å². The van der Waals surface area contributed by atoms with Crippen LogP contribution in [-0.2, 0) is 16.2 Å². The van der Waals surface area contributed by atoms with E-state index in [0.29, 0.717) is 11.5 Å². The van der Waals surface area contributed by atoms with Crippen LogP contribution in [-0.4, -0.2) is 12.1 Å². The van der Waals surface area contributed by atoms with Crippen LogP contribution in [0.15, 0.2) is 24.3 Å². The maximum Gasteiger partial charge on any atom is 0.373 e. The van der Waals surface area contributed by atoms with Crippen LogP contribution >= 0.6 is 0 Å². The molecule has 3 nitrogen and oxygen atoms in total. The van der Waals surface area contributed by atoms with Gasteiger partial charge in [-0.15, -0.1) is 0 Å². The molecule has 1 aliphatic rings. The zero-order valence-corrected chi connectivity index (χ0v) is 14.6. The summed E-state index contributed by atoms with van der Waals surface area (Å²) in [5.41, 5.74) is 1.84. The van der Waals surface area contributed by atoms with Crippen molar-refractivity contribution < 1.29 is 14.6 Å². The van der Waals surface area contributed by atoms with Crippen LogP contribution in [0, 0.1) is 5.92 Å². The number of carbonyl (C=O) groups is 1. The third-order valence-electron chi connectivity index (χ3n) is 4.87. The molecule has 0 saturated heterocycles. The molecule has 0 heterocycles. The molecule has 2 rings (SSSR count). The van der Waals surface area contributed by atoms with E-state index in [0.717, 1.165) is 25.7 Å². The first-order chi connectivity index (χ1) is 11.2. The van der Waals surface area contributed by atoms with Gasteiger partial charge in [-0.2, -0.15) is 4.89 Å². The summed E-state index contributed by atoms with van der Waals surface area (Å²) < 4.78 is 0. The van der Waals surface area contributed by atoms with Crippen molar-refractivity contribution in [2.24, 2.45) is 5.92 Å². The van der Waals surface area contributed by atoms with Gasteiger partial charge in [0.15, 0.2) is 0 Å². The average Bonchev–Trinajstić information content (AvgIpc) is 2.60. The summed E-state index contributed by atoms with van der Waals surface area (Å²) in [6.45, 7) is 4.37. The normalized spacial score (nSPS) is 21.1. The molecule has 23 heavy (non-hydrogen) atoms. The molecule has 1 saturated carbocycles. The first-order valence-electron chi connectivity index (χ1n) is 9.21. The van der Waals surface area contributed by atoms with E-state index in [1.807, 2.05) is 24.3 Å². The summed E-state index contributed by atoms with van der Waals surface area (Å²) in [6, 6.07) is 7.71. The highest BCUT2D eigenvalue weighted by atomic mass is 17.2. The van der Waals surface area contributed by atoms with Gasteiger partial charge in [-0.3, -0.25) is 4.89 Å². The number of aryl methyl sites for hydroxylation is 1. The Bertz CT molecular complexity index is 466. The Morgan fingerprint density at radius 1 is 1.09 bits per heavy atom. The number of rotatable bonds is 8. The molecule has 0 spiro atoms. The van der Waals surface area contributed by atoms with Crippen molar-refractivity contribution in [3.8, 4) is 0 Å². The lowest BCUT2D eigenvalue weighted by molar-refractivity contribution is -0.290. The van der Waals surface area contributed by atoms with Crippen LogP contribution in [0.1, 0.15) is 81.1 Å². The second-order valence-electron chi connectivity index (χ2n) is 6.61. The predicted molar refractivity (Wildman–Crippen MR) is 92.2 cm³/mol. The van der Waals surface area contributed by atoms with Crippen LogP contribution in [0.5, 0.6) is 0 Å². The highest BCUT2D eigenvalue weighted by Gasteiger charge is 2.26. The van der Waals surface area contributed by atoms with Crippen molar-refractivity contribution in [3.63, 3.8) is 0 Å². The lowest BCUT2D eigenvalue weighted by atomic mass is 9.85. The number of hydrogen-bond acceptors (Lipinski definition) is 3. The lowest BCUT2D eigenvalue weighted by Gasteiger charge is -2.28. The van der Waals surface area contributed by atoms with Crippen LogP contribution in [0.2, 0.25) is 0 Å². The fourth-order valence-corrected chi connectivity index (χ4v) is 3.31. The van der Waals surface area contributed by atoms with E-state index in [1.54, 1.807) is 0 Å². The molecule has 1 aliphatic carbocycles. The molecule has 128 valence electrons. The third-order valence-corrected chi connectivity index (χ3v) is 4.87. The van der Waals surface area contributed by atoms with Gasteiger partial charge in [0.25, 0.3) is 0 Å². The Labute approximate surface area is 140 Å². The molecular formula is C20H30O3. The fraction of sp³-hybridized carbons (Fsp3) is 0.650. The molecule has 0 aliphatic heterocycles. The summed E-state index contributed by atoms with van der Waals surface area (Å²) in [4.78, 5) is 22.7. The molecular weight excluding hydrogens is 288 g/mol. The van der Waals surface area contributed by atoms with E-state index in [-0.39, 0.29) is 12.1 Å². The molecule has 0 N–H and O–H groups in total. The van der Waals surface area contributed by atoms with Crippen LogP contribution in [0.4, 0.5) is 0 Å². The SMILES string of the molecule is CCCCCc1ccc(C(=O)OOC2CCCCC2CC)cc1. The minimum atomic E-state index is -0.384. The maximum atomic E-state index is 12.1. The van der Waals surface area contributed by atoms with Gasteiger partial charge in [-0.1, -0.05) is 58.1 Å². The second-order valence-corrected chi connectivity index (χ2v) is 6.61. The first kappa shape index (κ1) is 18.0. The van der Waals surface area contributed by atoms with Crippen molar-refractivity contribution in [2.45, 2.75) is 77.7 Å². The average molecular weight is 318 g/mol. The number of benzene rings is 1. The minimum Gasteiger partial charge on any atom is -0.293 e. The summed E-state index contributed by atoms with van der Waals surface area (Å²) in [7, 11) is 0. The second kappa shape index (κ2) is 9.71. The quantitative estimate of drug-likeness (QED) is 0.362. The summed E-state index contributed by atoms with van der Waals surface area (Å²) in [6.07, 6.45) is 10.5. The van der Waals surface area contributed by atoms with Gasteiger partial charge in [0.2, 0.25) is 0 Å². The highest BCUT2D eigenvalue weighted by Crippen LogP contribution is 2.29. The van der Waals surface area contributed by atoms with Gasteiger partial charge in [-0.05, 0) is 49.3 Å². The zero-order chi connectivity index (χ0) is 16.5. The zero-order valence-electron chi connectivity index (χ0n) is 14.6. The Hall–Kier alpha value is -1.35. The van der Waals surface area contributed by atoms with Gasteiger partial charge in [-0.25, -0.2) is 4.79 Å². The largest absolute Gasteiger partial charge is 0.373 e. The molecule has 3 heteroatoms. The number of unbranched alkanes of at least 4 members (excludes halogenated alkanes) is 2. The summed E-state index contributed by atoms with van der Waals surface area (Å²) in [5, 5.41) is 0. The Kier molecular flexibility index (Phi) is 7.60. The van der Waals surface area contributed by atoms with Crippen molar-refractivity contribution in [3.05, 3.63) is 35.4 Å². The molecule has 0 amide bonds. The Morgan fingerprint density at radius 2 is 1.83 bits per heavy atom. The molecule has 2 atom stereocenters. The van der Waals surface area contributed by atoms with E-state index in [4.69, 9.17) is 9.78 Å². The molecule has 0 bridgehead atoms. The Morgan fingerprint density at radius 3 is 2.52 bits per heavy atom.